The largest absolute Gasteiger partial charge is 0.441 e. The van der Waals surface area contributed by atoms with Crippen molar-refractivity contribution in [3.63, 3.8) is 0 Å². The van der Waals surface area contributed by atoms with Gasteiger partial charge in [-0.05, 0) is 36.8 Å². The molecular formula is C15H16N4O. The predicted octanol–water partition coefficient (Wildman–Crippen LogP) is 3.03. The molecule has 0 aliphatic heterocycles. The Kier molecular flexibility index (Phi) is 3.02. The molecular weight excluding hydrogens is 252 g/mol. The number of nitrogens with one attached hydrogen (secondary N) is 1. The zero-order valence-electron chi connectivity index (χ0n) is 11.5. The Labute approximate surface area is 116 Å². The lowest BCUT2D eigenvalue weighted by atomic mass is 10.2. The average molecular weight is 268 g/mol. The summed E-state index contributed by atoms with van der Waals surface area (Å²) in [6.45, 7) is 4.41. The lowest BCUT2D eigenvalue weighted by molar-refractivity contribution is 0.561. The minimum atomic E-state index is 0.673. The van der Waals surface area contributed by atoms with Crippen molar-refractivity contribution in [1.29, 1.82) is 0 Å². The van der Waals surface area contributed by atoms with Gasteiger partial charge in [0.25, 0.3) is 0 Å². The van der Waals surface area contributed by atoms with Crippen molar-refractivity contribution < 1.29 is 4.42 Å². The van der Waals surface area contributed by atoms with Gasteiger partial charge >= 0.3 is 0 Å². The third-order valence-electron chi connectivity index (χ3n) is 3.16. The summed E-state index contributed by atoms with van der Waals surface area (Å²) in [5.41, 5.74) is 10.1. The molecule has 1 aromatic carbocycles. The van der Waals surface area contributed by atoms with E-state index in [-0.39, 0.29) is 0 Å². The van der Waals surface area contributed by atoms with Gasteiger partial charge in [0.15, 0.2) is 11.5 Å². The second kappa shape index (κ2) is 4.85. The maximum Gasteiger partial charge on any atom is 0.192 e. The minimum Gasteiger partial charge on any atom is -0.441 e. The van der Waals surface area contributed by atoms with Gasteiger partial charge in [-0.2, -0.15) is 0 Å². The summed E-state index contributed by atoms with van der Waals surface area (Å²) in [6.07, 6.45) is 0. The van der Waals surface area contributed by atoms with Crippen LogP contribution in [0.15, 0.2) is 34.7 Å². The third kappa shape index (κ3) is 2.42. The third-order valence-corrected chi connectivity index (χ3v) is 3.16. The second-order valence-electron chi connectivity index (χ2n) is 4.76. The van der Waals surface area contributed by atoms with E-state index < -0.39 is 0 Å². The number of rotatable bonds is 3. The summed E-state index contributed by atoms with van der Waals surface area (Å²) < 4.78 is 5.52. The highest BCUT2D eigenvalue weighted by Gasteiger charge is 2.04. The Morgan fingerprint density at radius 1 is 1.15 bits per heavy atom. The molecule has 3 N–H and O–H groups in total. The zero-order valence-corrected chi connectivity index (χ0v) is 11.5. The number of oxazole rings is 1. The fraction of sp³-hybridized carbons (Fsp3) is 0.200. The number of nitrogen functional groups attached to an aromatic ring is 1. The molecule has 5 heteroatoms. The van der Waals surface area contributed by atoms with Crippen LogP contribution in [0.3, 0.4) is 0 Å². The Balaban J connectivity index is 1.77. The summed E-state index contributed by atoms with van der Waals surface area (Å²) in [6, 6.07) is 9.71. The molecule has 0 spiro atoms. The first-order valence-corrected chi connectivity index (χ1v) is 6.45. The SMILES string of the molecule is Cc1nc2ccc(CNc3ccc(N)c(C)n3)cc2o1. The number of aromatic nitrogens is 2. The molecule has 20 heavy (non-hydrogen) atoms. The average Bonchev–Trinajstić information content (AvgIpc) is 2.79. The Bertz CT molecular complexity index is 764. The van der Waals surface area contributed by atoms with E-state index in [1.807, 2.05) is 44.2 Å². The van der Waals surface area contributed by atoms with Gasteiger partial charge < -0.3 is 15.5 Å². The minimum absolute atomic E-state index is 0.673. The molecule has 0 aliphatic rings. The van der Waals surface area contributed by atoms with Gasteiger partial charge in [-0.3, -0.25) is 0 Å². The molecule has 0 amide bonds. The maximum atomic E-state index is 5.75. The highest BCUT2D eigenvalue weighted by atomic mass is 16.3. The first-order chi connectivity index (χ1) is 9.61. The standard InChI is InChI=1S/C15H16N4O/c1-9-12(16)4-6-15(18-9)17-8-11-3-5-13-14(7-11)20-10(2)19-13/h3-7H,8,16H2,1-2H3,(H,17,18). The number of nitrogens with zero attached hydrogens (tertiary/aromatic N) is 2. The molecule has 102 valence electrons. The lowest BCUT2D eigenvalue weighted by Gasteiger charge is -2.07. The fourth-order valence-corrected chi connectivity index (χ4v) is 2.06. The van der Waals surface area contributed by atoms with E-state index in [1.54, 1.807) is 0 Å². The molecule has 2 heterocycles. The van der Waals surface area contributed by atoms with Crippen molar-refractivity contribution in [3.8, 4) is 0 Å². The number of hydrogen-bond acceptors (Lipinski definition) is 5. The van der Waals surface area contributed by atoms with Crippen molar-refractivity contribution >= 4 is 22.6 Å². The number of benzene rings is 1. The summed E-state index contributed by atoms with van der Waals surface area (Å²) in [5, 5.41) is 3.27. The number of aryl methyl sites for hydroxylation is 2. The van der Waals surface area contributed by atoms with Crippen LogP contribution in [0.1, 0.15) is 17.1 Å². The smallest absolute Gasteiger partial charge is 0.192 e. The summed E-state index contributed by atoms with van der Waals surface area (Å²) in [7, 11) is 0. The van der Waals surface area contributed by atoms with Crippen LogP contribution in [-0.2, 0) is 6.54 Å². The number of nitrogens with two attached hydrogens (primary N) is 1. The van der Waals surface area contributed by atoms with Crippen LogP contribution in [0.4, 0.5) is 11.5 Å². The molecule has 2 aromatic heterocycles. The maximum absolute atomic E-state index is 5.75. The van der Waals surface area contributed by atoms with Gasteiger partial charge in [0.1, 0.15) is 11.3 Å². The first kappa shape index (κ1) is 12.5. The molecule has 0 atom stereocenters. The van der Waals surface area contributed by atoms with Gasteiger partial charge in [0.05, 0.1) is 11.4 Å². The highest BCUT2D eigenvalue weighted by molar-refractivity contribution is 5.73. The molecule has 0 saturated heterocycles. The fourth-order valence-electron chi connectivity index (χ4n) is 2.06. The number of pyridine rings is 1. The van der Waals surface area contributed by atoms with Gasteiger partial charge in [-0.25, -0.2) is 9.97 Å². The van der Waals surface area contributed by atoms with Crippen molar-refractivity contribution in [1.82, 2.24) is 9.97 Å². The van der Waals surface area contributed by atoms with Crippen molar-refractivity contribution in [2.75, 3.05) is 11.1 Å². The van der Waals surface area contributed by atoms with Crippen molar-refractivity contribution in [2.45, 2.75) is 20.4 Å². The summed E-state index contributed by atoms with van der Waals surface area (Å²) in [4.78, 5) is 8.66. The van der Waals surface area contributed by atoms with Crippen molar-refractivity contribution in [3.05, 3.63) is 47.5 Å². The van der Waals surface area contributed by atoms with Gasteiger partial charge in [0, 0.05) is 13.5 Å². The van der Waals surface area contributed by atoms with Crippen LogP contribution in [0, 0.1) is 13.8 Å². The zero-order chi connectivity index (χ0) is 14.1. The van der Waals surface area contributed by atoms with E-state index in [0.717, 1.165) is 28.2 Å². The topological polar surface area (TPSA) is 77.0 Å². The van der Waals surface area contributed by atoms with Crippen LogP contribution in [-0.4, -0.2) is 9.97 Å². The molecule has 3 rings (SSSR count). The summed E-state index contributed by atoms with van der Waals surface area (Å²) in [5.74, 6) is 1.49. The summed E-state index contributed by atoms with van der Waals surface area (Å²) >= 11 is 0. The van der Waals surface area contributed by atoms with Crippen LogP contribution >= 0.6 is 0 Å². The van der Waals surface area contributed by atoms with E-state index in [4.69, 9.17) is 10.2 Å². The lowest BCUT2D eigenvalue weighted by Crippen LogP contribution is -2.03. The quantitative estimate of drug-likeness (QED) is 0.763. The molecule has 3 aromatic rings. The van der Waals surface area contributed by atoms with E-state index in [0.29, 0.717) is 18.1 Å². The molecule has 0 fully saturated rings. The normalized spacial score (nSPS) is 10.9. The van der Waals surface area contributed by atoms with Gasteiger partial charge in [0.2, 0.25) is 0 Å². The highest BCUT2D eigenvalue weighted by Crippen LogP contribution is 2.18. The van der Waals surface area contributed by atoms with Crippen molar-refractivity contribution in [2.24, 2.45) is 0 Å². The van der Waals surface area contributed by atoms with E-state index >= 15 is 0 Å². The molecule has 0 radical (unpaired) electrons. The predicted molar refractivity (Wildman–Crippen MR) is 79.5 cm³/mol. The van der Waals surface area contributed by atoms with E-state index in [9.17, 15) is 0 Å². The second-order valence-corrected chi connectivity index (χ2v) is 4.76. The van der Waals surface area contributed by atoms with Crippen LogP contribution in [0.5, 0.6) is 0 Å². The van der Waals surface area contributed by atoms with E-state index in [2.05, 4.69) is 15.3 Å². The number of hydrogen-bond donors (Lipinski definition) is 2. The van der Waals surface area contributed by atoms with Gasteiger partial charge in [-0.1, -0.05) is 6.07 Å². The molecule has 0 unspecified atom stereocenters. The molecule has 0 saturated carbocycles. The van der Waals surface area contributed by atoms with Gasteiger partial charge in [-0.15, -0.1) is 0 Å². The number of anilines is 2. The van der Waals surface area contributed by atoms with Crippen LogP contribution in [0.2, 0.25) is 0 Å². The Morgan fingerprint density at radius 2 is 2.00 bits per heavy atom. The van der Waals surface area contributed by atoms with Crippen LogP contribution in [0.25, 0.3) is 11.1 Å². The molecule has 0 aliphatic carbocycles. The monoisotopic (exact) mass is 268 g/mol. The Morgan fingerprint density at radius 3 is 2.80 bits per heavy atom. The van der Waals surface area contributed by atoms with E-state index in [1.165, 1.54) is 0 Å². The van der Waals surface area contributed by atoms with Crippen LogP contribution < -0.4 is 11.1 Å². The molecule has 5 nitrogen and oxygen atoms in total. The number of fused-ring (bicyclic) bond motifs is 1. The Hall–Kier alpha value is -2.56. The first-order valence-electron chi connectivity index (χ1n) is 6.45. The molecule has 0 bridgehead atoms.